The second-order valence-electron chi connectivity index (χ2n) is 7.20. The molecule has 164 valence electrons. The third-order valence-corrected chi connectivity index (χ3v) is 9.18. The van der Waals surface area contributed by atoms with Crippen molar-refractivity contribution in [2.75, 3.05) is 26.2 Å². The third-order valence-electron chi connectivity index (χ3n) is 5.00. The minimum Gasteiger partial charge on any atom is -0.486 e. The maximum absolute atomic E-state index is 13.1. The summed E-state index contributed by atoms with van der Waals surface area (Å²) >= 11 is 2.82. The van der Waals surface area contributed by atoms with Crippen molar-refractivity contribution < 1.29 is 17.9 Å². The summed E-state index contributed by atoms with van der Waals surface area (Å²) in [5, 5.41) is 2.91. The topological polar surface area (TPSA) is 79.8 Å². The van der Waals surface area contributed by atoms with Crippen LogP contribution in [0.15, 0.2) is 46.0 Å². The second kappa shape index (κ2) is 9.07. The number of aryl methyl sites for hydroxylation is 2. The molecule has 1 amide bonds. The molecule has 4 rings (SSSR count). The van der Waals surface area contributed by atoms with Crippen LogP contribution in [0.25, 0.3) is 0 Å². The standard InChI is InChI=1S/C21H23N3O4S3/c1-15-7-8-20(30-15)31(26,27)24-11-9-23(10-12-24)21(25)18-5-3-4-6-19(18)28-13-17-14-29-16(2)22-17/h3-8,14H,9-13H2,1-2H3. The van der Waals surface area contributed by atoms with Crippen LogP contribution in [-0.4, -0.2) is 54.7 Å². The number of thiazole rings is 1. The highest BCUT2D eigenvalue weighted by atomic mass is 32.2. The summed E-state index contributed by atoms with van der Waals surface area (Å²) in [6.45, 7) is 5.32. The van der Waals surface area contributed by atoms with Crippen molar-refractivity contribution in [1.82, 2.24) is 14.2 Å². The predicted octanol–water partition coefficient (Wildman–Crippen LogP) is 3.55. The highest BCUT2D eigenvalue weighted by Gasteiger charge is 2.32. The van der Waals surface area contributed by atoms with E-state index in [1.165, 1.54) is 15.6 Å². The van der Waals surface area contributed by atoms with Crippen molar-refractivity contribution in [3.63, 3.8) is 0 Å². The number of sulfonamides is 1. The molecule has 0 N–H and O–H groups in total. The predicted molar refractivity (Wildman–Crippen MR) is 121 cm³/mol. The Labute approximate surface area is 190 Å². The summed E-state index contributed by atoms with van der Waals surface area (Å²) in [7, 11) is -3.52. The molecule has 0 unspecified atom stereocenters. The number of para-hydroxylation sites is 1. The lowest BCUT2D eigenvalue weighted by Crippen LogP contribution is -2.50. The Bertz CT molecular complexity index is 1180. The van der Waals surface area contributed by atoms with E-state index < -0.39 is 10.0 Å². The first kappa shape index (κ1) is 21.9. The molecule has 0 atom stereocenters. The number of carbonyl (C=O) groups is 1. The van der Waals surface area contributed by atoms with Gasteiger partial charge in [-0.2, -0.15) is 4.31 Å². The van der Waals surface area contributed by atoms with Gasteiger partial charge in [0.05, 0.1) is 16.3 Å². The van der Waals surface area contributed by atoms with Crippen LogP contribution in [0, 0.1) is 13.8 Å². The lowest BCUT2D eigenvalue weighted by atomic mass is 10.1. The van der Waals surface area contributed by atoms with E-state index in [2.05, 4.69) is 4.98 Å². The smallest absolute Gasteiger partial charge is 0.257 e. The number of rotatable bonds is 6. The zero-order valence-electron chi connectivity index (χ0n) is 17.3. The lowest BCUT2D eigenvalue weighted by molar-refractivity contribution is 0.0693. The van der Waals surface area contributed by atoms with E-state index in [1.807, 2.05) is 25.3 Å². The van der Waals surface area contributed by atoms with Gasteiger partial charge in [0.15, 0.2) is 0 Å². The van der Waals surface area contributed by atoms with Gasteiger partial charge in [0.25, 0.3) is 15.9 Å². The van der Waals surface area contributed by atoms with Gasteiger partial charge in [-0.15, -0.1) is 22.7 Å². The maximum Gasteiger partial charge on any atom is 0.257 e. The Morgan fingerprint density at radius 1 is 1.10 bits per heavy atom. The summed E-state index contributed by atoms with van der Waals surface area (Å²) in [6, 6.07) is 10.6. The fourth-order valence-corrected chi connectivity index (χ4v) is 6.83. The molecule has 10 heteroatoms. The molecule has 3 aromatic rings. The zero-order chi connectivity index (χ0) is 22.0. The van der Waals surface area contributed by atoms with Gasteiger partial charge in [-0.3, -0.25) is 4.79 Å². The summed E-state index contributed by atoms with van der Waals surface area (Å²) in [5.41, 5.74) is 1.30. The average Bonchev–Trinajstić information content (AvgIpc) is 3.40. The normalized spacial score (nSPS) is 15.2. The van der Waals surface area contributed by atoms with Crippen molar-refractivity contribution in [3.8, 4) is 5.75 Å². The van der Waals surface area contributed by atoms with Crippen LogP contribution in [0.3, 0.4) is 0 Å². The van der Waals surface area contributed by atoms with Gasteiger partial charge >= 0.3 is 0 Å². The number of nitrogens with zero attached hydrogens (tertiary/aromatic N) is 3. The number of carbonyl (C=O) groups excluding carboxylic acids is 1. The molecule has 1 saturated heterocycles. The van der Waals surface area contributed by atoms with Crippen LogP contribution >= 0.6 is 22.7 Å². The molecule has 1 aliphatic heterocycles. The number of hydrogen-bond donors (Lipinski definition) is 0. The Morgan fingerprint density at radius 2 is 1.84 bits per heavy atom. The van der Waals surface area contributed by atoms with E-state index in [4.69, 9.17) is 4.74 Å². The molecule has 0 spiro atoms. The number of ether oxygens (including phenoxy) is 1. The minimum absolute atomic E-state index is 0.158. The fourth-order valence-electron chi connectivity index (χ4n) is 3.38. The van der Waals surface area contributed by atoms with E-state index >= 15 is 0 Å². The van der Waals surface area contributed by atoms with E-state index in [0.29, 0.717) is 35.2 Å². The molecular weight excluding hydrogens is 454 g/mol. The largest absolute Gasteiger partial charge is 0.486 e. The molecule has 0 aliphatic carbocycles. The van der Waals surface area contributed by atoms with Crippen LogP contribution in [-0.2, 0) is 16.6 Å². The number of benzene rings is 1. The second-order valence-corrected chi connectivity index (χ2v) is 11.7. The van der Waals surface area contributed by atoms with Crippen molar-refractivity contribution in [2.45, 2.75) is 24.7 Å². The van der Waals surface area contributed by atoms with Crippen molar-refractivity contribution in [3.05, 3.63) is 62.9 Å². The van der Waals surface area contributed by atoms with E-state index in [0.717, 1.165) is 15.6 Å². The van der Waals surface area contributed by atoms with Gasteiger partial charge in [0.1, 0.15) is 16.6 Å². The molecule has 3 heterocycles. The van der Waals surface area contributed by atoms with Gasteiger partial charge in [0.2, 0.25) is 0 Å². The highest BCUT2D eigenvalue weighted by Crippen LogP contribution is 2.26. The molecule has 0 radical (unpaired) electrons. The quantitative estimate of drug-likeness (QED) is 0.543. The number of piperazine rings is 1. The highest BCUT2D eigenvalue weighted by molar-refractivity contribution is 7.91. The van der Waals surface area contributed by atoms with Crippen molar-refractivity contribution in [2.24, 2.45) is 0 Å². The molecular formula is C21H23N3O4S3. The van der Waals surface area contributed by atoms with Gasteiger partial charge in [-0.05, 0) is 38.1 Å². The molecule has 2 aromatic heterocycles. The number of amides is 1. The molecule has 1 aliphatic rings. The van der Waals surface area contributed by atoms with Crippen LogP contribution < -0.4 is 4.74 Å². The third kappa shape index (κ3) is 4.82. The van der Waals surface area contributed by atoms with Gasteiger partial charge in [-0.25, -0.2) is 13.4 Å². The molecule has 0 bridgehead atoms. The van der Waals surface area contributed by atoms with Crippen LogP contribution in [0.2, 0.25) is 0 Å². The Kier molecular flexibility index (Phi) is 6.42. The average molecular weight is 478 g/mol. The first-order valence-electron chi connectivity index (χ1n) is 9.83. The molecule has 0 saturated carbocycles. The SMILES string of the molecule is Cc1ccc(S(=O)(=O)N2CCN(C(=O)c3ccccc3OCc3csc(C)n3)CC2)s1. The van der Waals surface area contributed by atoms with Gasteiger partial charge in [-0.1, -0.05) is 12.1 Å². The first-order valence-corrected chi connectivity index (χ1v) is 13.0. The monoisotopic (exact) mass is 477 g/mol. The van der Waals surface area contributed by atoms with Crippen molar-refractivity contribution in [1.29, 1.82) is 0 Å². The van der Waals surface area contributed by atoms with Crippen LogP contribution in [0.4, 0.5) is 0 Å². The molecule has 31 heavy (non-hydrogen) atoms. The zero-order valence-corrected chi connectivity index (χ0v) is 19.7. The first-order chi connectivity index (χ1) is 14.8. The maximum atomic E-state index is 13.1. The molecule has 1 fully saturated rings. The minimum atomic E-state index is -3.52. The molecule has 1 aromatic carbocycles. The summed E-state index contributed by atoms with van der Waals surface area (Å²) in [6.07, 6.45) is 0. The molecule has 7 nitrogen and oxygen atoms in total. The van der Waals surface area contributed by atoms with Crippen molar-refractivity contribution >= 4 is 38.6 Å². The Hall–Kier alpha value is -2.27. The van der Waals surface area contributed by atoms with Crippen LogP contribution in [0.5, 0.6) is 5.75 Å². The van der Waals surface area contributed by atoms with E-state index in [9.17, 15) is 13.2 Å². The van der Waals surface area contributed by atoms with Crippen LogP contribution in [0.1, 0.15) is 25.9 Å². The van der Waals surface area contributed by atoms with E-state index in [-0.39, 0.29) is 19.0 Å². The lowest BCUT2D eigenvalue weighted by Gasteiger charge is -2.34. The summed E-state index contributed by atoms with van der Waals surface area (Å²) < 4.78 is 33.3. The van der Waals surface area contributed by atoms with Gasteiger partial charge in [0, 0.05) is 36.4 Å². The number of aromatic nitrogens is 1. The fraction of sp³-hybridized carbons (Fsp3) is 0.333. The number of thiophene rings is 1. The Morgan fingerprint density at radius 3 is 2.48 bits per heavy atom. The Balaban J connectivity index is 1.42. The number of hydrogen-bond acceptors (Lipinski definition) is 7. The van der Waals surface area contributed by atoms with Gasteiger partial charge < -0.3 is 9.64 Å². The van der Waals surface area contributed by atoms with E-state index in [1.54, 1.807) is 46.6 Å². The summed E-state index contributed by atoms with van der Waals surface area (Å²) in [5.74, 6) is 0.344. The summed E-state index contributed by atoms with van der Waals surface area (Å²) in [4.78, 5) is 20.2.